The molecular weight excluding hydrogens is 242 g/mol. The molecule has 9 heteroatoms. The largest absolute Gasteiger partial charge is 0.368 e. The van der Waals surface area contributed by atoms with E-state index in [-0.39, 0.29) is 29.5 Å². The molecule has 7 nitrogen and oxygen atoms in total. The molecule has 0 aliphatic rings. The van der Waals surface area contributed by atoms with Crippen LogP contribution in [0.2, 0.25) is 5.28 Å². The lowest BCUT2D eigenvalue weighted by atomic mass is 10.7. The molecule has 0 spiro atoms. The zero-order chi connectivity index (χ0) is 11.5. The van der Waals surface area contributed by atoms with Gasteiger partial charge in [-0.05, 0) is 11.6 Å². The van der Waals surface area contributed by atoms with Gasteiger partial charge in [-0.25, -0.2) is 8.42 Å². The molecule has 84 valence electrons. The van der Waals surface area contributed by atoms with E-state index in [1.165, 1.54) is 0 Å². The summed E-state index contributed by atoms with van der Waals surface area (Å²) >= 11 is 5.52. The van der Waals surface area contributed by atoms with Crippen molar-refractivity contribution in [2.24, 2.45) is 0 Å². The van der Waals surface area contributed by atoms with Crippen LogP contribution < -0.4 is 11.1 Å². The van der Waals surface area contributed by atoms with Gasteiger partial charge in [0.05, 0.1) is 5.75 Å². The Balaban J connectivity index is 2.58. The third kappa shape index (κ3) is 4.75. The first-order valence-electron chi connectivity index (χ1n) is 3.95. The van der Waals surface area contributed by atoms with Crippen LogP contribution in [0.15, 0.2) is 0 Å². The van der Waals surface area contributed by atoms with Crippen molar-refractivity contribution in [3.05, 3.63) is 5.28 Å². The van der Waals surface area contributed by atoms with Crippen LogP contribution in [0.25, 0.3) is 0 Å². The summed E-state index contributed by atoms with van der Waals surface area (Å²) in [6, 6.07) is 0. The summed E-state index contributed by atoms with van der Waals surface area (Å²) in [5.41, 5.74) is 5.31. The first-order valence-corrected chi connectivity index (χ1v) is 6.39. The average Bonchev–Trinajstić information content (AvgIpc) is 1.99. The van der Waals surface area contributed by atoms with Gasteiger partial charge in [0.1, 0.15) is 9.84 Å². The van der Waals surface area contributed by atoms with E-state index in [1.807, 2.05) is 0 Å². The fourth-order valence-electron chi connectivity index (χ4n) is 0.793. The number of anilines is 2. The number of hydrogen-bond donors (Lipinski definition) is 2. The Labute approximate surface area is 92.0 Å². The third-order valence-corrected chi connectivity index (χ3v) is 2.50. The predicted molar refractivity (Wildman–Crippen MR) is 57.4 cm³/mol. The smallest absolute Gasteiger partial charge is 0.228 e. The van der Waals surface area contributed by atoms with Gasteiger partial charge >= 0.3 is 0 Å². The lowest BCUT2D eigenvalue weighted by Gasteiger charge is -2.03. The number of rotatable bonds is 4. The van der Waals surface area contributed by atoms with Gasteiger partial charge in [-0.3, -0.25) is 0 Å². The van der Waals surface area contributed by atoms with Crippen molar-refractivity contribution in [2.75, 3.05) is 29.6 Å². The summed E-state index contributed by atoms with van der Waals surface area (Å²) in [5.74, 6) is 0.129. The van der Waals surface area contributed by atoms with Crippen molar-refractivity contribution in [1.82, 2.24) is 15.0 Å². The highest BCUT2D eigenvalue weighted by Crippen LogP contribution is 2.06. The fraction of sp³-hybridized carbons (Fsp3) is 0.500. The SMILES string of the molecule is CS(=O)(=O)CCNc1nc(N)nc(Cl)n1. The van der Waals surface area contributed by atoms with Crippen LogP contribution in [0, 0.1) is 0 Å². The average molecular weight is 252 g/mol. The number of nitrogens with two attached hydrogens (primary N) is 1. The van der Waals surface area contributed by atoms with Crippen molar-refractivity contribution < 1.29 is 8.42 Å². The van der Waals surface area contributed by atoms with Crippen LogP contribution in [0.1, 0.15) is 0 Å². The standard InChI is InChI=1S/C6H10ClN5O2S/c1-15(13,14)3-2-9-6-11-4(7)10-5(8)12-6/h2-3H2,1H3,(H3,8,9,10,11,12). The third-order valence-electron chi connectivity index (χ3n) is 1.38. The van der Waals surface area contributed by atoms with Gasteiger partial charge in [0.2, 0.25) is 17.2 Å². The van der Waals surface area contributed by atoms with Gasteiger partial charge < -0.3 is 11.1 Å². The Morgan fingerprint density at radius 3 is 2.60 bits per heavy atom. The number of sulfone groups is 1. The van der Waals surface area contributed by atoms with E-state index in [0.29, 0.717) is 0 Å². The van der Waals surface area contributed by atoms with E-state index in [4.69, 9.17) is 17.3 Å². The van der Waals surface area contributed by atoms with E-state index in [9.17, 15) is 8.42 Å². The molecule has 0 aromatic carbocycles. The maximum atomic E-state index is 10.8. The molecule has 3 N–H and O–H groups in total. The second-order valence-corrected chi connectivity index (χ2v) is 5.44. The monoisotopic (exact) mass is 251 g/mol. The van der Waals surface area contributed by atoms with Gasteiger partial charge in [-0.15, -0.1) is 0 Å². The Morgan fingerprint density at radius 2 is 2.07 bits per heavy atom. The molecule has 0 saturated heterocycles. The zero-order valence-electron chi connectivity index (χ0n) is 7.94. The quantitative estimate of drug-likeness (QED) is 0.746. The number of halogens is 1. The van der Waals surface area contributed by atoms with E-state index >= 15 is 0 Å². The number of nitrogen functional groups attached to an aromatic ring is 1. The van der Waals surface area contributed by atoms with Crippen LogP contribution in [-0.2, 0) is 9.84 Å². The van der Waals surface area contributed by atoms with E-state index in [2.05, 4.69) is 20.3 Å². The fourth-order valence-corrected chi connectivity index (χ4v) is 1.43. The topological polar surface area (TPSA) is 111 Å². The highest BCUT2D eigenvalue weighted by Gasteiger charge is 2.04. The minimum absolute atomic E-state index is 0.0168. The molecule has 1 aromatic heterocycles. The highest BCUT2D eigenvalue weighted by molar-refractivity contribution is 7.90. The molecule has 0 amide bonds. The molecule has 0 bridgehead atoms. The molecule has 0 aliphatic carbocycles. The molecule has 0 radical (unpaired) electrons. The molecule has 0 unspecified atom stereocenters. The number of nitrogens with one attached hydrogen (secondary N) is 1. The Hall–Kier alpha value is -1.15. The van der Waals surface area contributed by atoms with Crippen LogP contribution in [0.4, 0.5) is 11.9 Å². The summed E-state index contributed by atoms with van der Waals surface area (Å²) in [4.78, 5) is 11.0. The molecule has 1 heterocycles. The molecular formula is C6H10ClN5O2S. The first kappa shape index (κ1) is 11.9. The molecule has 15 heavy (non-hydrogen) atoms. The summed E-state index contributed by atoms with van der Waals surface area (Å²) in [6.07, 6.45) is 1.14. The van der Waals surface area contributed by atoms with Crippen LogP contribution >= 0.6 is 11.6 Å². The van der Waals surface area contributed by atoms with Crippen LogP contribution in [-0.4, -0.2) is 41.9 Å². The maximum Gasteiger partial charge on any atom is 0.228 e. The summed E-state index contributed by atoms with van der Waals surface area (Å²) in [5, 5.41) is 2.64. The van der Waals surface area contributed by atoms with Gasteiger partial charge in [0.25, 0.3) is 0 Å². The van der Waals surface area contributed by atoms with Gasteiger partial charge in [-0.2, -0.15) is 15.0 Å². The lowest BCUT2D eigenvalue weighted by Crippen LogP contribution is -2.16. The van der Waals surface area contributed by atoms with Crippen molar-refractivity contribution in [2.45, 2.75) is 0 Å². The molecule has 1 aromatic rings. The summed E-state index contributed by atoms with van der Waals surface area (Å²) in [6.45, 7) is 0.193. The Morgan fingerprint density at radius 1 is 1.40 bits per heavy atom. The van der Waals surface area contributed by atoms with Crippen molar-refractivity contribution in [3.63, 3.8) is 0 Å². The van der Waals surface area contributed by atoms with Gasteiger partial charge in [0, 0.05) is 12.8 Å². The van der Waals surface area contributed by atoms with Crippen LogP contribution in [0.5, 0.6) is 0 Å². The minimum Gasteiger partial charge on any atom is -0.368 e. The van der Waals surface area contributed by atoms with Crippen molar-refractivity contribution >= 4 is 33.3 Å². The first-order chi connectivity index (χ1) is 6.87. The molecule has 0 saturated carbocycles. The number of aromatic nitrogens is 3. The normalized spacial score (nSPS) is 11.3. The highest BCUT2D eigenvalue weighted by atomic mass is 35.5. The van der Waals surface area contributed by atoms with Crippen molar-refractivity contribution in [3.8, 4) is 0 Å². The predicted octanol–water partition coefficient (Wildman–Crippen LogP) is -0.436. The second kappa shape index (κ2) is 4.58. The van der Waals surface area contributed by atoms with Gasteiger partial charge in [0.15, 0.2) is 0 Å². The molecule has 0 aliphatic heterocycles. The van der Waals surface area contributed by atoms with Gasteiger partial charge in [-0.1, -0.05) is 0 Å². The summed E-state index contributed by atoms with van der Waals surface area (Å²) < 4.78 is 21.6. The van der Waals surface area contributed by atoms with Crippen LogP contribution in [0.3, 0.4) is 0 Å². The second-order valence-electron chi connectivity index (χ2n) is 2.84. The molecule has 0 fully saturated rings. The molecule has 0 atom stereocenters. The Bertz CT molecular complexity index is 429. The maximum absolute atomic E-state index is 10.8. The summed E-state index contributed by atoms with van der Waals surface area (Å²) in [7, 11) is -3.01. The number of hydrogen-bond acceptors (Lipinski definition) is 7. The van der Waals surface area contributed by atoms with E-state index in [1.54, 1.807) is 0 Å². The zero-order valence-corrected chi connectivity index (χ0v) is 9.51. The molecule has 1 rings (SSSR count). The Kier molecular flexibility index (Phi) is 3.64. The number of nitrogens with zero attached hydrogens (tertiary/aromatic N) is 3. The van der Waals surface area contributed by atoms with Crippen molar-refractivity contribution in [1.29, 1.82) is 0 Å². The van der Waals surface area contributed by atoms with E-state index in [0.717, 1.165) is 6.26 Å². The van der Waals surface area contributed by atoms with E-state index < -0.39 is 9.84 Å². The lowest BCUT2D eigenvalue weighted by molar-refractivity contribution is 0.602. The minimum atomic E-state index is -3.01.